The lowest BCUT2D eigenvalue weighted by Crippen LogP contribution is -2.30. The van der Waals surface area contributed by atoms with Crippen LogP contribution in [0.4, 0.5) is 5.95 Å². The van der Waals surface area contributed by atoms with Gasteiger partial charge in [-0.2, -0.15) is 4.98 Å². The first-order valence-electron chi connectivity index (χ1n) is 11.4. The number of nitrogens with zero attached hydrogens (tertiary/aromatic N) is 3. The van der Waals surface area contributed by atoms with Crippen molar-refractivity contribution in [3.05, 3.63) is 94.1 Å². The zero-order chi connectivity index (χ0) is 24.5. The number of carbonyl (C=O) groups excluding carboxylic acids is 1. The number of hydrogen-bond acceptors (Lipinski definition) is 6. The summed E-state index contributed by atoms with van der Waals surface area (Å²) < 4.78 is 7.44. The number of nitrogens with one attached hydrogen (secondary N) is 1. The van der Waals surface area contributed by atoms with Crippen molar-refractivity contribution in [2.24, 2.45) is 0 Å². The van der Waals surface area contributed by atoms with Gasteiger partial charge in [-0.15, -0.1) is 5.10 Å². The van der Waals surface area contributed by atoms with E-state index in [1.165, 1.54) is 11.8 Å². The number of rotatable bonds is 6. The molecule has 4 aromatic rings. The Bertz CT molecular complexity index is 1440. The molecule has 2 heterocycles. The fourth-order valence-corrected chi connectivity index (χ4v) is 5.38. The van der Waals surface area contributed by atoms with Crippen molar-refractivity contribution in [2.75, 3.05) is 5.32 Å². The standard InChI is InChI=1S/C27H25ClN4O2S/c1-16(2)34-25(33)23-17(3)29-26-30-27(35-15-19-10-5-7-14-22(19)28)31-32(26)24(23)21-13-8-11-18-9-4-6-12-20(18)21/h4-14,16,24H,15H2,1-3H3,(H,29,30,31). The van der Waals surface area contributed by atoms with Crippen molar-refractivity contribution in [1.82, 2.24) is 14.8 Å². The third kappa shape index (κ3) is 4.66. The molecule has 1 atom stereocenters. The highest BCUT2D eigenvalue weighted by atomic mass is 35.5. The molecule has 0 radical (unpaired) electrons. The highest BCUT2D eigenvalue weighted by Crippen LogP contribution is 2.39. The fraction of sp³-hybridized carbons (Fsp3) is 0.222. The Labute approximate surface area is 213 Å². The molecule has 8 heteroatoms. The first kappa shape index (κ1) is 23.5. The van der Waals surface area contributed by atoms with Crippen LogP contribution in [-0.4, -0.2) is 26.8 Å². The summed E-state index contributed by atoms with van der Waals surface area (Å²) in [5.41, 5.74) is 3.21. The molecule has 1 unspecified atom stereocenters. The number of allylic oxidation sites excluding steroid dienone is 1. The van der Waals surface area contributed by atoms with E-state index < -0.39 is 6.04 Å². The van der Waals surface area contributed by atoms with Gasteiger partial charge < -0.3 is 10.1 Å². The number of fused-ring (bicyclic) bond motifs is 2. The van der Waals surface area contributed by atoms with E-state index in [0.717, 1.165) is 21.9 Å². The molecule has 1 aliphatic rings. The van der Waals surface area contributed by atoms with Gasteiger partial charge in [0.15, 0.2) is 0 Å². The van der Waals surface area contributed by atoms with Crippen LogP contribution in [0.5, 0.6) is 0 Å². The minimum atomic E-state index is -0.481. The van der Waals surface area contributed by atoms with Crippen molar-refractivity contribution in [3.8, 4) is 0 Å². The lowest BCUT2D eigenvalue weighted by atomic mass is 9.91. The smallest absolute Gasteiger partial charge is 0.338 e. The van der Waals surface area contributed by atoms with Crippen LogP contribution in [0.2, 0.25) is 5.02 Å². The van der Waals surface area contributed by atoms with Crippen LogP contribution in [0.15, 0.2) is 83.2 Å². The molecular formula is C27H25ClN4O2S. The molecule has 1 N–H and O–H groups in total. The van der Waals surface area contributed by atoms with E-state index >= 15 is 0 Å². The van der Waals surface area contributed by atoms with Crippen LogP contribution < -0.4 is 5.32 Å². The molecule has 5 rings (SSSR count). The second kappa shape index (κ2) is 9.76. The molecule has 0 bridgehead atoms. The number of anilines is 1. The predicted molar refractivity (Wildman–Crippen MR) is 141 cm³/mol. The van der Waals surface area contributed by atoms with E-state index in [2.05, 4.69) is 23.5 Å². The van der Waals surface area contributed by atoms with Crippen LogP contribution in [0.25, 0.3) is 10.8 Å². The molecule has 178 valence electrons. The Kier molecular flexibility index (Phi) is 6.54. The Hall–Kier alpha value is -3.29. The second-order valence-electron chi connectivity index (χ2n) is 8.63. The fourth-order valence-electron chi connectivity index (χ4n) is 4.27. The average molecular weight is 505 g/mol. The molecule has 0 aliphatic carbocycles. The van der Waals surface area contributed by atoms with Gasteiger partial charge in [-0.1, -0.05) is 84.0 Å². The van der Waals surface area contributed by atoms with Crippen LogP contribution in [-0.2, 0) is 15.3 Å². The molecule has 0 amide bonds. The maximum atomic E-state index is 13.3. The number of benzene rings is 3. The molecule has 0 spiro atoms. The predicted octanol–water partition coefficient (Wildman–Crippen LogP) is 6.62. The summed E-state index contributed by atoms with van der Waals surface area (Å²) in [6.45, 7) is 5.58. The minimum Gasteiger partial charge on any atom is -0.459 e. The summed E-state index contributed by atoms with van der Waals surface area (Å²) in [5.74, 6) is 0.856. The van der Waals surface area contributed by atoms with Gasteiger partial charge in [0.05, 0.1) is 11.7 Å². The number of carbonyl (C=O) groups is 1. The maximum absolute atomic E-state index is 13.3. The summed E-state index contributed by atoms with van der Waals surface area (Å²) in [5, 5.41) is 11.6. The zero-order valence-corrected chi connectivity index (χ0v) is 21.2. The number of aromatic nitrogens is 3. The summed E-state index contributed by atoms with van der Waals surface area (Å²) in [4.78, 5) is 18.0. The van der Waals surface area contributed by atoms with E-state index in [0.29, 0.717) is 33.2 Å². The van der Waals surface area contributed by atoms with Crippen LogP contribution in [0.1, 0.15) is 37.9 Å². The molecule has 1 aromatic heterocycles. The second-order valence-corrected chi connectivity index (χ2v) is 9.98. The van der Waals surface area contributed by atoms with Gasteiger partial charge in [-0.25, -0.2) is 9.48 Å². The Morgan fingerprint density at radius 2 is 1.86 bits per heavy atom. The van der Waals surface area contributed by atoms with Gasteiger partial charge in [0.25, 0.3) is 0 Å². The third-order valence-corrected chi connectivity index (χ3v) is 7.08. The Balaban J connectivity index is 1.59. The summed E-state index contributed by atoms with van der Waals surface area (Å²) >= 11 is 7.84. The summed E-state index contributed by atoms with van der Waals surface area (Å²) in [7, 11) is 0. The van der Waals surface area contributed by atoms with E-state index in [1.54, 1.807) is 4.68 Å². The van der Waals surface area contributed by atoms with E-state index in [4.69, 9.17) is 26.4 Å². The monoisotopic (exact) mass is 504 g/mol. The van der Waals surface area contributed by atoms with Crippen LogP contribution in [0, 0.1) is 0 Å². The molecule has 1 aliphatic heterocycles. The normalized spacial score (nSPS) is 15.3. The lowest BCUT2D eigenvalue weighted by molar-refractivity contribution is -0.143. The van der Waals surface area contributed by atoms with Gasteiger partial charge >= 0.3 is 5.97 Å². The number of halogens is 1. The average Bonchev–Trinajstić information content (AvgIpc) is 3.24. The van der Waals surface area contributed by atoms with Gasteiger partial charge in [-0.3, -0.25) is 0 Å². The number of esters is 1. The third-order valence-electron chi connectivity index (χ3n) is 5.83. The van der Waals surface area contributed by atoms with Crippen molar-refractivity contribution in [3.63, 3.8) is 0 Å². The summed E-state index contributed by atoms with van der Waals surface area (Å²) in [6, 6.07) is 21.5. The first-order valence-corrected chi connectivity index (χ1v) is 12.8. The molecule has 0 saturated heterocycles. The molecule has 0 saturated carbocycles. The highest BCUT2D eigenvalue weighted by molar-refractivity contribution is 7.98. The van der Waals surface area contributed by atoms with Crippen molar-refractivity contribution >= 4 is 46.1 Å². The molecule has 0 fully saturated rings. The Morgan fingerprint density at radius 3 is 2.66 bits per heavy atom. The lowest BCUT2D eigenvalue weighted by Gasteiger charge is -2.29. The van der Waals surface area contributed by atoms with Crippen LogP contribution >= 0.6 is 23.4 Å². The van der Waals surface area contributed by atoms with E-state index in [1.807, 2.05) is 69.3 Å². The number of hydrogen-bond donors (Lipinski definition) is 1. The SMILES string of the molecule is CC1=C(C(=O)OC(C)C)C(c2cccc3ccccc23)n2nc(SCc3ccccc3Cl)nc2N1. The van der Waals surface area contributed by atoms with Crippen molar-refractivity contribution in [2.45, 2.75) is 43.8 Å². The topological polar surface area (TPSA) is 69.0 Å². The van der Waals surface area contributed by atoms with E-state index in [9.17, 15) is 4.79 Å². The largest absolute Gasteiger partial charge is 0.459 e. The van der Waals surface area contributed by atoms with Crippen LogP contribution in [0.3, 0.4) is 0 Å². The zero-order valence-electron chi connectivity index (χ0n) is 19.7. The molecular weight excluding hydrogens is 480 g/mol. The quantitative estimate of drug-likeness (QED) is 0.235. The van der Waals surface area contributed by atoms with Crippen molar-refractivity contribution in [1.29, 1.82) is 0 Å². The minimum absolute atomic E-state index is 0.241. The summed E-state index contributed by atoms with van der Waals surface area (Å²) in [6.07, 6.45) is -0.241. The van der Waals surface area contributed by atoms with E-state index in [-0.39, 0.29) is 12.1 Å². The Morgan fingerprint density at radius 1 is 1.11 bits per heavy atom. The maximum Gasteiger partial charge on any atom is 0.338 e. The van der Waals surface area contributed by atoms with Gasteiger partial charge in [-0.05, 0) is 48.7 Å². The highest BCUT2D eigenvalue weighted by Gasteiger charge is 2.36. The van der Waals surface area contributed by atoms with Gasteiger partial charge in [0.1, 0.15) is 6.04 Å². The number of ether oxygens (including phenoxy) is 1. The van der Waals surface area contributed by atoms with Gasteiger partial charge in [0, 0.05) is 16.5 Å². The molecule has 6 nitrogen and oxygen atoms in total. The van der Waals surface area contributed by atoms with Crippen molar-refractivity contribution < 1.29 is 9.53 Å². The molecule has 35 heavy (non-hydrogen) atoms. The number of thioether (sulfide) groups is 1. The van der Waals surface area contributed by atoms with Gasteiger partial charge in [0.2, 0.25) is 11.1 Å². The molecule has 3 aromatic carbocycles. The first-order chi connectivity index (χ1) is 16.9.